The second-order valence-corrected chi connectivity index (χ2v) is 6.18. The Balaban J connectivity index is 1.54. The Hall–Kier alpha value is -2.57. The van der Waals surface area contributed by atoms with E-state index in [1.54, 1.807) is 11.8 Å². The third-order valence-corrected chi connectivity index (χ3v) is 4.39. The molecular weight excluding hydrogens is 322 g/mol. The maximum Gasteiger partial charge on any atom is 0.309 e. The number of pyridine rings is 1. The summed E-state index contributed by atoms with van der Waals surface area (Å²) in [4.78, 5) is 30.3. The van der Waals surface area contributed by atoms with Crippen LogP contribution in [0.2, 0.25) is 0 Å². The summed E-state index contributed by atoms with van der Waals surface area (Å²) in [5.41, 5.74) is 1.59. The molecule has 0 N–H and O–H groups in total. The number of hydrogen-bond acceptors (Lipinski definition) is 5. The molecule has 3 heterocycles. The molecule has 1 fully saturated rings. The quantitative estimate of drug-likeness (QED) is 0.773. The first kappa shape index (κ1) is 17.3. The van der Waals surface area contributed by atoms with E-state index in [0.717, 1.165) is 5.69 Å². The van der Waals surface area contributed by atoms with E-state index in [2.05, 4.69) is 4.98 Å². The summed E-state index contributed by atoms with van der Waals surface area (Å²) in [6.07, 6.45) is 5.08. The van der Waals surface area contributed by atoms with Crippen molar-refractivity contribution in [1.29, 1.82) is 0 Å². The van der Waals surface area contributed by atoms with E-state index in [4.69, 9.17) is 9.47 Å². The van der Waals surface area contributed by atoms with Crippen LogP contribution in [0, 0.1) is 12.8 Å². The van der Waals surface area contributed by atoms with Gasteiger partial charge in [0.2, 0.25) is 0 Å². The lowest BCUT2D eigenvalue weighted by molar-refractivity contribution is -0.151. The number of piperidine rings is 1. The van der Waals surface area contributed by atoms with Crippen LogP contribution in [0.3, 0.4) is 0 Å². The van der Waals surface area contributed by atoms with Gasteiger partial charge in [0.25, 0.3) is 5.91 Å². The Morgan fingerprint density at radius 3 is 2.80 bits per heavy atom. The third-order valence-electron chi connectivity index (χ3n) is 4.39. The van der Waals surface area contributed by atoms with Crippen molar-refractivity contribution < 1.29 is 19.1 Å². The van der Waals surface area contributed by atoms with Crippen LogP contribution >= 0.6 is 0 Å². The number of aryl methyl sites for hydroxylation is 1. The first-order chi connectivity index (χ1) is 12.1. The van der Waals surface area contributed by atoms with Gasteiger partial charge in [-0.05, 0) is 38.8 Å². The van der Waals surface area contributed by atoms with Gasteiger partial charge >= 0.3 is 5.97 Å². The van der Waals surface area contributed by atoms with E-state index in [-0.39, 0.29) is 24.4 Å². The standard InChI is InChI=1S/C18H23N3O4/c1-3-24-18(23)14-6-9-20(10-7-14)16(22)12-25-15-5-4-8-21-11-13(2)19-17(15)21/h4-5,8,11,14H,3,6-7,9-10,12H2,1-2H3. The molecule has 0 spiro atoms. The van der Waals surface area contributed by atoms with Gasteiger partial charge in [-0.25, -0.2) is 4.98 Å². The zero-order chi connectivity index (χ0) is 17.8. The number of likely N-dealkylation sites (tertiary alicyclic amines) is 1. The molecule has 0 unspecified atom stereocenters. The summed E-state index contributed by atoms with van der Waals surface area (Å²) >= 11 is 0. The highest BCUT2D eigenvalue weighted by atomic mass is 16.5. The van der Waals surface area contributed by atoms with E-state index < -0.39 is 0 Å². The van der Waals surface area contributed by atoms with Crippen molar-refractivity contribution in [3.8, 4) is 5.75 Å². The number of ether oxygens (including phenoxy) is 2. The van der Waals surface area contributed by atoms with Crippen LogP contribution in [0.15, 0.2) is 24.5 Å². The van der Waals surface area contributed by atoms with Gasteiger partial charge in [0.15, 0.2) is 18.0 Å². The molecular formula is C18H23N3O4. The van der Waals surface area contributed by atoms with Crippen molar-refractivity contribution in [1.82, 2.24) is 14.3 Å². The Morgan fingerprint density at radius 2 is 2.08 bits per heavy atom. The molecule has 134 valence electrons. The SMILES string of the molecule is CCOC(=O)C1CCN(C(=O)COc2cccn3cc(C)nc23)CC1. The Morgan fingerprint density at radius 1 is 1.32 bits per heavy atom. The fourth-order valence-electron chi connectivity index (χ4n) is 3.08. The fourth-order valence-corrected chi connectivity index (χ4v) is 3.08. The average Bonchev–Trinajstić information content (AvgIpc) is 3.00. The highest BCUT2D eigenvalue weighted by Gasteiger charge is 2.28. The number of hydrogen-bond donors (Lipinski definition) is 0. The number of amides is 1. The number of nitrogens with zero attached hydrogens (tertiary/aromatic N) is 3. The summed E-state index contributed by atoms with van der Waals surface area (Å²) in [5.74, 6) is 0.247. The van der Waals surface area contributed by atoms with Crippen molar-refractivity contribution in [3.05, 3.63) is 30.2 Å². The number of carbonyl (C=O) groups excluding carboxylic acids is 2. The molecule has 1 amide bonds. The van der Waals surface area contributed by atoms with Crippen molar-refractivity contribution in [3.63, 3.8) is 0 Å². The minimum absolute atomic E-state index is 0.0321. The van der Waals surface area contributed by atoms with Gasteiger partial charge in [0.05, 0.1) is 18.2 Å². The lowest BCUT2D eigenvalue weighted by Gasteiger charge is -2.30. The number of carbonyl (C=O) groups is 2. The molecule has 7 heteroatoms. The lowest BCUT2D eigenvalue weighted by Crippen LogP contribution is -2.42. The molecule has 1 aliphatic rings. The molecule has 0 saturated carbocycles. The van der Waals surface area contributed by atoms with Gasteiger partial charge in [-0.2, -0.15) is 0 Å². The normalized spacial score (nSPS) is 15.4. The zero-order valence-corrected chi connectivity index (χ0v) is 14.6. The van der Waals surface area contributed by atoms with E-state index in [9.17, 15) is 9.59 Å². The number of aromatic nitrogens is 2. The molecule has 1 aliphatic heterocycles. The van der Waals surface area contributed by atoms with Gasteiger partial charge in [-0.1, -0.05) is 0 Å². The highest BCUT2D eigenvalue weighted by molar-refractivity contribution is 5.79. The molecule has 2 aromatic heterocycles. The lowest BCUT2D eigenvalue weighted by atomic mass is 9.97. The van der Waals surface area contributed by atoms with Crippen LogP contribution in [0.5, 0.6) is 5.75 Å². The van der Waals surface area contributed by atoms with Crippen LogP contribution in [0.25, 0.3) is 5.65 Å². The fraction of sp³-hybridized carbons (Fsp3) is 0.500. The summed E-state index contributed by atoms with van der Waals surface area (Å²) in [6.45, 7) is 5.18. The summed E-state index contributed by atoms with van der Waals surface area (Å²) in [5, 5.41) is 0. The highest BCUT2D eigenvalue weighted by Crippen LogP contribution is 2.21. The molecule has 1 saturated heterocycles. The number of fused-ring (bicyclic) bond motifs is 1. The Bertz CT molecular complexity index is 763. The second-order valence-electron chi connectivity index (χ2n) is 6.18. The molecule has 7 nitrogen and oxygen atoms in total. The zero-order valence-electron chi connectivity index (χ0n) is 14.6. The maximum absolute atomic E-state index is 12.4. The van der Waals surface area contributed by atoms with Gasteiger partial charge in [-0.3, -0.25) is 9.59 Å². The van der Waals surface area contributed by atoms with Gasteiger partial charge < -0.3 is 18.8 Å². The summed E-state index contributed by atoms with van der Waals surface area (Å²) in [6, 6.07) is 3.67. The van der Waals surface area contributed by atoms with Crippen LogP contribution in [0.4, 0.5) is 0 Å². The molecule has 0 atom stereocenters. The number of esters is 1. The predicted molar refractivity (Wildman–Crippen MR) is 91.4 cm³/mol. The summed E-state index contributed by atoms with van der Waals surface area (Å²) in [7, 11) is 0. The van der Waals surface area contributed by atoms with Gasteiger partial charge in [0.1, 0.15) is 0 Å². The topological polar surface area (TPSA) is 73.1 Å². The maximum atomic E-state index is 12.4. The Kier molecular flexibility index (Phi) is 5.21. The molecule has 0 aromatic carbocycles. The van der Waals surface area contributed by atoms with Crippen LogP contribution in [-0.2, 0) is 14.3 Å². The van der Waals surface area contributed by atoms with Crippen molar-refractivity contribution in [2.24, 2.45) is 5.92 Å². The van der Waals surface area contributed by atoms with E-state index in [1.807, 2.05) is 35.9 Å². The molecule has 0 aliphatic carbocycles. The van der Waals surface area contributed by atoms with E-state index >= 15 is 0 Å². The molecule has 2 aromatic rings. The van der Waals surface area contributed by atoms with Crippen LogP contribution < -0.4 is 4.74 Å². The Labute approximate surface area is 146 Å². The van der Waals surface area contributed by atoms with Crippen LogP contribution in [0.1, 0.15) is 25.5 Å². The first-order valence-electron chi connectivity index (χ1n) is 8.60. The molecule has 25 heavy (non-hydrogen) atoms. The molecule has 0 bridgehead atoms. The average molecular weight is 345 g/mol. The molecule has 3 rings (SSSR count). The third kappa shape index (κ3) is 3.92. The monoisotopic (exact) mass is 345 g/mol. The smallest absolute Gasteiger partial charge is 0.309 e. The van der Waals surface area contributed by atoms with Crippen molar-refractivity contribution in [2.45, 2.75) is 26.7 Å². The first-order valence-corrected chi connectivity index (χ1v) is 8.60. The largest absolute Gasteiger partial charge is 0.480 e. The second kappa shape index (κ2) is 7.55. The number of imidazole rings is 1. The minimum Gasteiger partial charge on any atom is -0.480 e. The van der Waals surface area contributed by atoms with Crippen LogP contribution in [-0.4, -0.2) is 52.5 Å². The summed E-state index contributed by atoms with van der Waals surface area (Å²) < 4.78 is 12.6. The minimum atomic E-state index is -0.160. The van der Waals surface area contributed by atoms with Gasteiger partial charge in [0, 0.05) is 25.5 Å². The van der Waals surface area contributed by atoms with E-state index in [1.165, 1.54) is 0 Å². The van der Waals surface area contributed by atoms with Gasteiger partial charge in [-0.15, -0.1) is 0 Å². The van der Waals surface area contributed by atoms with Crippen molar-refractivity contribution in [2.75, 3.05) is 26.3 Å². The van der Waals surface area contributed by atoms with E-state index in [0.29, 0.717) is 43.9 Å². The predicted octanol–water partition coefficient (Wildman–Crippen LogP) is 1.82. The number of rotatable bonds is 5. The molecule has 0 radical (unpaired) electrons. The van der Waals surface area contributed by atoms with Crippen molar-refractivity contribution >= 4 is 17.5 Å².